The lowest BCUT2D eigenvalue weighted by Crippen LogP contribution is -2.61. The molecule has 0 aromatic heterocycles. The molecular weight excluding hydrogens is 902 g/mol. The van der Waals surface area contributed by atoms with Crippen LogP contribution in [0.5, 0.6) is 0 Å². The van der Waals surface area contributed by atoms with Crippen molar-refractivity contribution < 1.29 is 62.4 Å². The minimum absolute atomic E-state index is 0.0189. The van der Waals surface area contributed by atoms with Gasteiger partial charge in [0.25, 0.3) is 11.7 Å². The first-order valence-corrected chi connectivity index (χ1v) is 27.4. The topological polar surface area (TPSA) is 192 Å². The highest BCUT2D eigenvalue weighted by atomic mass is 31.1. The van der Waals surface area contributed by atoms with Gasteiger partial charge in [-0.15, -0.1) is 0 Å². The van der Waals surface area contributed by atoms with Crippen molar-refractivity contribution in [3.8, 4) is 0 Å². The van der Waals surface area contributed by atoms with Crippen molar-refractivity contribution in [2.24, 2.45) is 41.4 Å². The molecule has 0 spiro atoms. The van der Waals surface area contributed by atoms with Crippen molar-refractivity contribution in [3.63, 3.8) is 0 Å². The molecule has 1 saturated carbocycles. The first-order valence-electron chi connectivity index (χ1n) is 25.5. The number of Topliss-reactive ketones (excluding diaryl/α,β-unsaturated/α-hetero) is 3. The summed E-state index contributed by atoms with van der Waals surface area (Å²) in [7, 11) is 3.41. The lowest BCUT2D eigenvalue weighted by atomic mass is 9.74. The number of esters is 1. The quantitative estimate of drug-likeness (QED) is 0.0972. The molecule has 0 radical (unpaired) electrons. The first-order chi connectivity index (χ1) is 32.6. The van der Waals surface area contributed by atoms with E-state index in [0.717, 1.165) is 31.3 Å². The number of methoxy groups -OCH3 is 3. The molecule has 16 atom stereocenters. The normalized spacial score (nSPS) is 37.8. The highest BCUT2D eigenvalue weighted by Gasteiger charge is 2.53. The van der Waals surface area contributed by atoms with E-state index in [1.807, 2.05) is 58.1 Å². The number of fused-ring (bicyclic) bond motifs is 3. The van der Waals surface area contributed by atoms with Gasteiger partial charge in [0.1, 0.15) is 43.0 Å². The fraction of sp³-hybridized carbons (Fsp3) is 0.759. The average Bonchev–Trinajstić information content (AvgIpc) is 3.32. The molecule has 3 aliphatic heterocycles. The van der Waals surface area contributed by atoms with Gasteiger partial charge in [0, 0.05) is 58.5 Å². The van der Waals surface area contributed by atoms with E-state index in [9.17, 15) is 38.8 Å². The third-order valence-corrected chi connectivity index (χ3v) is 16.4. The second-order valence-electron chi connectivity index (χ2n) is 20.9. The number of hydrogen-bond acceptors (Lipinski definition) is 13. The van der Waals surface area contributed by atoms with Crippen LogP contribution in [-0.2, 0) is 52.2 Å². The molecule has 15 heteroatoms. The molecule has 2 saturated heterocycles. The van der Waals surface area contributed by atoms with Crippen LogP contribution < -0.4 is 0 Å². The summed E-state index contributed by atoms with van der Waals surface area (Å²) in [6, 6.07) is -1.13. The highest BCUT2D eigenvalue weighted by Crippen LogP contribution is 2.40. The average molecular weight is 987 g/mol. The van der Waals surface area contributed by atoms with Crippen molar-refractivity contribution in [2.45, 2.75) is 180 Å². The van der Waals surface area contributed by atoms with Crippen LogP contribution in [0.2, 0.25) is 0 Å². The Hall–Kier alpha value is -3.23. The molecule has 3 unspecified atom stereocenters. The Labute approximate surface area is 413 Å². The molecule has 0 aromatic rings. The standard InChI is InChI=1S/C54H85NO13P/c1-33-17-13-12-14-18-34(2)45(64-8)31-42-23-20-39(7)54(62,68-42)51(59)52(60)55-25-16-15-19-43(55)53(61)67-46(36(4)29-40-21-22-41(24-26-69(11)63)47(30-40)65-9)32-44(56)35(3)28-38(6)49(58)50(66-10)48(57)37(5)27-33/h12-14,17-18,28,33,35-37,39-43,45-47,49-50,58,62H,15-16,19-27,29-32H2,1-11H3/q+1/b14-12?,17-13+,34-18?,38-28+/t33-,35-,36-,37-,39-,40+,41?,42+,43?,45+,46+,47-,49-,50+,54-/m1/s1. The number of carbonyl (C=O) groups excluding carboxylic acids is 5. The van der Waals surface area contributed by atoms with Gasteiger partial charge in [-0.2, -0.15) is 0 Å². The Kier molecular flexibility index (Phi) is 23.3. The number of amides is 1. The SMILES string of the molecule is CO[C@H]1C[C@@H]2CC[C@@H](C)[C@@](O)(O2)C(=O)C(=O)N2CCCCC2C(=O)O[C@H]([C@H](C)C[C@@H]2CCC(CC[P+](C)=O)[C@H](OC)C2)CC(=O)[C@H](C)/C=C(\C)[C@@H](O)[C@@H](OC)C(=O)[C@H](C)C[C@H](C)/C=C/C=CC=C1C. The van der Waals surface area contributed by atoms with Crippen molar-refractivity contribution in [1.82, 2.24) is 4.90 Å². The largest absolute Gasteiger partial charge is 0.460 e. The number of rotatable bonds is 9. The Balaban J connectivity index is 1.70. The molecular formula is C54H85NO13P+. The Morgan fingerprint density at radius 1 is 0.884 bits per heavy atom. The number of aliphatic hydroxyl groups is 2. The van der Waals surface area contributed by atoms with Crippen molar-refractivity contribution >= 4 is 37.0 Å². The molecule has 388 valence electrons. The maximum absolute atomic E-state index is 14.5. The van der Waals surface area contributed by atoms with E-state index >= 15 is 0 Å². The van der Waals surface area contributed by atoms with Crippen LogP contribution in [0.15, 0.2) is 47.6 Å². The van der Waals surface area contributed by atoms with Crippen molar-refractivity contribution in [1.29, 1.82) is 0 Å². The number of carbonyl (C=O) groups is 5. The summed E-state index contributed by atoms with van der Waals surface area (Å²) >= 11 is 0. The number of allylic oxidation sites excluding steroid dienone is 6. The number of nitrogens with zero attached hydrogens (tertiary/aromatic N) is 1. The van der Waals surface area contributed by atoms with Gasteiger partial charge in [0.2, 0.25) is 5.79 Å². The molecule has 3 fully saturated rings. The van der Waals surface area contributed by atoms with Crippen LogP contribution >= 0.6 is 7.80 Å². The predicted molar refractivity (Wildman–Crippen MR) is 266 cm³/mol. The number of hydrogen-bond donors (Lipinski definition) is 2. The van der Waals surface area contributed by atoms with Gasteiger partial charge in [-0.05, 0) is 119 Å². The van der Waals surface area contributed by atoms with E-state index in [1.165, 1.54) is 12.0 Å². The fourth-order valence-corrected chi connectivity index (χ4v) is 11.6. The Morgan fingerprint density at radius 3 is 2.28 bits per heavy atom. The van der Waals surface area contributed by atoms with Gasteiger partial charge in [0.15, 0.2) is 5.78 Å². The summed E-state index contributed by atoms with van der Waals surface area (Å²) in [5, 5.41) is 23.5. The first kappa shape index (κ1) is 58.3. The zero-order chi connectivity index (χ0) is 51.2. The van der Waals surface area contributed by atoms with E-state index < -0.39 is 85.6 Å². The van der Waals surface area contributed by atoms with Crippen LogP contribution in [0.1, 0.15) is 132 Å². The van der Waals surface area contributed by atoms with E-state index in [4.69, 9.17) is 23.7 Å². The molecule has 2 N–H and O–H groups in total. The van der Waals surface area contributed by atoms with E-state index in [2.05, 4.69) is 0 Å². The van der Waals surface area contributed by atoms with Crippen molar-refractivity contribution in [3.05, 3.63) is 47.6 Å². The van der Waals surface area contributed by atoms with E-state index in [1.54, 1.807) is 47.7 Å². The zero-order valence-corrected chi connectivity index (χ0v) is 44.3. The third-order valence-electron chi connectivity index (χ3n) is 15.5. The summed E-state index contributed by atoms with van der Waals surface area (Å²) in [6.45, 7) is 14.6. The Morgan fingerprint density at radius 2 is 1.61 bits per heavy atom. The van der Waals surface area contributed by atoms with Crippen LogP contribution in [0, 0.1) is 41.4 Å². The molecule has 0 aromatic carbocycles. The van der Waals surface area contributed by atoms with E-state index in [0.29, 0.717) is 56.7 Å². The molecule has 1 amide bonds. The second kappa shape index (κ2) is 27.6. The minimum atomic E-state index is -2.43. The predicted octanol–water partition coefficient (Wildman–Crippen LogP) is 8.28. The number of piperidine rings is 1. The number of ether oxygens (including phenoxy) is 5. The Bertz CT molecular complexity index is 1900. The molecule has 69 heavy (non-hydrogen) atoms. The summed E-state index contributed by atoms with van der Waals surface area (Å²) in [5.74, 6) is -7.51. The summed E-state index contributed by atoms with van der Waals surface area (Å²) in [4.78, 5) is 72.3. The van der Waals surface area contributed by atoms with Gasteiger partial charge < -0.3 is 38.8 Å². The second-order valence-corrected chi connectivity index (χ2v) is 22.6. The number of cyclic esters (lactones) is 1. The zero-order valence-electron chi connectivity index (χ0n) is 43.4. The van der Waals surface area contributed by atoms with E-state index in [-0.39, 0.29) is 60.7 Å². The highest BCUT2D eigenvalue weighted by molar-refractivity contribution is 7.43. The van der Waals surface area contributed by atoms with Crippen LogP contribution in [0.4, 0.5) is 0 Å². The van der Waals surface area contributed by atoms with Crippen LogP contribution in [-0.4, -0.2) is 133 Å². The lowest BCUT2D eigenvalue weighted by Gasteiger charge is -2.42. The summed E-state index contributed by atoms with van der Waals surface area (Å²) in [6.07, 6.45) is 14.4. The van der Waals surface area contributed by atoms with Gasteiger partial charge in [-0.25, -0.2) is 4.79 Å². The fourth-order valence-electron chi connectivity index (χ4n) is 10.9. The molecule has 2 bridgehead atoms. The van der Waals surface area contributed by atoms with Crippen LogP contribution in [0.3, 0.4) is 0 Å². The monoisotopic (exact) mass is 987 g/mol. The van der Waals surface area contributed by atoms with Gasteiger partial charge >= 0.3 is 13.8 Å². The maximum atomic E-state index is 14.5. The third kappa shape index (κ3) is 16.1. The summed E-state index contributed by atoms with van der Waals surface area (Å²) < 4.78 is 41.9. The lowest BCUT2D eigenvalue weighted by molar-refractivity contribution is -0.265. The maximum Gasteiger partial charge on any atom is 0.335 e. The molecule has 4 rings (SSSR count). The van der Waals surface area contributed by atoms with Crippen LogP contribution in [0.25, 0.3) is 0 Å². The summed E-state index contributed by atoms with van der Waals surface area (Å²) in [5.41, 5.74) is 1.28. The molecule has 1 aliphatic carbocycles. The smallest absolute Gasteiger partial charge is 0.335 e. The number of ketones is 3. The van der Waals surface area contributed by atoms with Gasteiger partial charge in [-0.3, -0.25) is 19.2 Å². The van der Waals surface area contributed by atoms with Gasteiger partial charge in [0.05, 0.1) is 18.3 Å². The molecule has 3 heterocycles. The van der Waals surface area contributed by atoms with Gasteiger partial charge in [-0.1, -0.05) is 75.6 Å². The number of aliphatic hydroxyl groups excluding tert-OH is 1. The minimum Gasteiger partial charge on any atom is -0.460 e. The molecule has 14 nitrogen and oxygen atoms in total. The molecule has 4 aliphatic rings. The van der Waals surface area contributed by atoms with Crippen molar-refractivity contribution in [2.75, 3.05) is 40.7 Å².